The summed E-state index contributed by atoms with van der Waals surface area (Å²) in [6, 6.07) is 0. The summed E-state index contributed by atoms with van der Waals surface area (Å²) in [5.74, 6) is 1.67. The fourth-order valence-corrected chi connectivity index (χ4v) is 2.72. The highest BCUT2D eigenvalue weighted by molar-refractivity contribution is 5.47. The van der Waals surface area contributed by atoms with E-state index in [1.165, 1.54) is 30.8 Å². The molecule has 0 spiro atoms. The first-order chi connectivity index (χ1) is 10.6. The second-order valence-electron chi connectivity index (χ2n) is 5.40. The molecule has 22 heavy (non-hydrogen) atoms. The van der Waals surface area contributed by atoms with Crippen LogP contribution in [-0.2, 0) is 19.4 Å². The molecule has 0 bridgehead atoms. The molecule has 1 N–H and O–H groups in total. The Balaban J connectivity index is 1.66. The van der Waals surface area contributed by atoms with E-state index in [4.69, 9.17) is 0 Å². The molecule has 1 aliphatic carbocycles. The molecule has 0 fully saturated rings. The van der Waals surface area contributed by atoms with Crippen LogP contribution in [0.25, 0.3) is 0 Å². The number of anilines is 1. The van der Waals surface area contributed by atoms with Gasteiger partial charge in [0.15, 0.2) is 0 Å². The van der Waals surface area contributed by atoms with Crippen molar-refractivity contribution in [2.45, 2.75) is 39.2 Å². The highest BCUT2D eigenvalue weighted by Gasteiger charge is 2.16. The average molecular weight is 302 g/mol. The minimum atomic E-state index is -0.443. The zero-order valence-corrected chi connectivity index (χ0v) is 12.4. The number of rotatable bonds is 5. The number of nitrogens with zero attached hydrogens (tertiary/aromatic N) is 5. The molecule has 0 radical (unpaired) electrons. The van der Waals surface area contributed by atoms with Crippen molar-refractivity contribution in [3.05, 3.63) is 39.6 Å². The predicted molar refractivity (Wildman–Crippen MR) is 80.8 cm³/mol. The lowest BCUT2D eigenvalue weighted by molar-refractivity contribution is -0.385. The molecule has 8 nitrogen and oxygen atoms in total. The van der Waals surface area contributed by atoms with E-state index >= 15 is 0 Å². The van der Waals surface area contributed by atoms with Gasteiger partial charge in [0.2, 0.25) is 0 Å². The van der Waals surface area contributed by atoms with Crippen molar-refractivity contribution in [2.75, 3.05) is 11.9 Å². The number of hydrogen-bond acceptors (Lipinski definition) is 6. The summed E-state index contributed by atoms with van der Waals surface area (Å²) in [6.45, 7) is 3.06. The molecule has 0 amide bonds. The Hall–Kier alpha value is -2.51. The van der Waals surface area contributed by atoms with Crippen LogP contribution < -0.4 is 5.32 Å². The molecule has 1 aliphatic rings. The second-order valence-corrected chi connectivity index (χ2v) is 5.40. The predicted octanol–water partition coefficient (Wildman–Crippen LogP) is 1.88. The molecule has 0 aromatic carbocycles. The van der Waals surface area contributed by atoms with Crippen molar-refractivity contribution < 1.29 is 4.92 Å². The molecule has 0 atom stereocenters. The van der Waals surface area contributed by atoms with E-state index in [-0.39, 0.29) is 5.69 Å². The Morgan fingerprint density at radius 2 is 2.18 bits per heavy atom. The smallest absolute Gasteiger partial charge is 0.306 e. The quantitative estimate of drug-likeness (QED) is 0.668. The Morgan fingerprint density at radius 3 is 2.95 bits per heavy atom. The summed E-state index contributed by atoms with van der Waals surface area (Å²) < 4.78 is 1.56. The van der Waals surface area contributed by atoms with Crippen LogP contribution in [0.4, 0.5) is 11.5 Å². The average Bonchev–Trinajstić information content (AvgIpc) is 2.96. The van der Waals surface area contributed by atoms with Gasteiger partial charge >= 0.3 is 5.69 Å². The van der Waals surface area contributed by atoms with Gasteiger partial charge < -0.3 is 5.32 Å². The van der Waals surface area contributed by atoms with E-state index in [9.17, 15) is 10.1 Å². The van der Waals surface area contributed by atoms with Crippen LogP contribution >= 0.6 is 0 Å². The zero-order valence-electron chi connectivity index (χ0n) is 12.4. The first kappa shape index (κ1) is 14.4. The number of nitro groups is 1. The lowest BCUT2D eigenvalue weighted by atomic mass is 9.96. The van der Waals surface area contributed by atoms with E-state index < -0.39 is 4.92 Å². The number of aromatic nitrogens is 4. The van der Waals surface area contributed by atoms with Crippen molar-refractivity contribution in [3.63, 3.8) is 0 Å². The maximum absolute atomic E-state index is 10.6. The van der Waals surface area contributed by atoms with Crippen LogP contribution in [0.3, 0.4) is 0 Å². The maximum Gasteiger partial charge on any atom is 0.306 e. The van der Waals surface area contributed by atoms with E-state index in [0.29, 0.717) is 13.1 Å². The number of fused-ring (bicyclic) bond motifs is 1. The SMILES string of the molecule is Cc1nc2c(c(NCCn3cc([N+](=O)[O-])cn3)n1)CCCC2. The summed E-state index contributed by atoms with van der Waals surface area (Å²) in [4.78, 5) is 19.2. The molecule has 8 heteroatoms. The van der Waals surface area contributed by atoms with Gasteiger partial charge in [-0.1, -0.05) is 0 Å². The molecule has 0 unspecified atom stereocenters. The van der Waals surface area contributed by atoms with Crippen molar-refractivity contribution in [1.82, 2.24) is 19.7 Å². The molecule has 2 heterocycles. The van der Waals surface area contributed by atoms with Crippen LogP contribution in [0.5, 0.6) is 0 Å². The first-order valence-electron chi connectivity index (χ1n) is 7.40. The molecule has 116 valence electrons. The summed E-state index contributed by atoms with van der Waals surface area (Å²) in [5, 5.41) is 17.9. The van der Waals surface area contributed by atoms with E-state index in [1.807, 2.05) is 6.92 Å². The molecule has 0 saturated heterocycles. The minimum Gasteiger partial charge on any atom is -0.368 e. The second kappa shape index (κ2) is 6.08. The van der Waals surface area contributed by atoms with Crippen molar-refractivity contribution in [2.24, 2.45) is 0 Å². The summed E-state index contributed by atoms with van der Waals surface area (Å²) in [5.41, 5.74) is 2.37. The highest BCUT2D eigenvalue weighted by Crippen LogP contribution is 2.25. The van der Waals surface area contributed by atoms with Gasteiger partial charge in [0.05, 0.1) is 11.5 Å². The Labute approximate surface area is 127 Å². The van der Waals surface area contributed by atoms with Crippen LogP contribution in [-0.4, -0.2) is 31.2 Å². The van der Waals surface area contributed by atoms with Gasteiger partial charge in [-0.15, -0.1) is 0 Å². The van der Waals surface area contributed by atoms with Crippen LogP contribution in [0.15, 0.2) is 12.4 Å². The Kier molecular flexibility index (Phi) is 3.99. The van der Waals surface area contributed by atoms with E-state index in [0.717, 1.165) is 30.2 Å². The maximum atomic E-state index is 10.6. The standard InChI is InChI=1S/C14H18N6O2/c1-10-17-13-5-3-2-4-12(13)14(18-10)15-6-7-19-9-11(8-16-19)20(21)22/h8-9H,2-7H2,1H3,(H,15,17,18). The fourth-order valence-electron chi connectivity index (χ4n) is 2.72. The molecular formula is C14H18N6O2. The van der Waals surface area contributed by atoms with Gasteiger partial charge in [-0.25, -0.2) is 9.97 Å². The zero-order chi connectivity index (χ0) is 15.5. The van der Waals surface area contributed by atoms with Crippen molar-refractivity contribution in [1.29, 1.82) is 0 Å². The molecule has 0 saturated carbocycles. The Bertz CT molecular complexity index is 697. The third-order valence-electron chi connectivity index (χ3n) is 3.76. The third kappa shape index (κ3) is 3.05. The summed E-state index contributed by atoms with van der Waals surface area (Å²) >= 11 is 0. The molecule has 3 rings (SSSR count). The number of aryl methyl sites for hydroxylation is 2. The molecule has 2 aromatic rings. The normalized spacial score (nSPS) is 13.7. The summed E-state index contributed by atoms with van der Waals surface area (Å²) in [6.07, 6.45) is 7.06. The molecular weight excluding hydrogens is 284 g/mol. The van der Waals surface area contributed by atoms with Crippen LogP contribution in [0.1, 0.15) is 29.9 Å². The number of hydrogen-bond donors (Lipinski definition) is 1. The topological polar surface area (TPSA) is 98.8 Å². The van der Waals surface area contributed by atoms with Crippen LogP contribution in [0, 0.1) is 17.0 Å². The third-order valence-corrected chi connectivity index (χ3v) is 3.76. The lowest BCUT2D eigenvalue weighted by Crippen LogP contribution is -2.17. The largest absolute Gasteiger partial charge is 0.368 e. The van der Waals surface area contributed by atoms with Gasteiger partial charge in [0, 0.05) is 17.8 Å². The molecule has 0 aliphatic heterocycles. The van der Waals surface area contributed by atoms with E-state index in [1.54, 1.807) is 4.68 Å². The first-order valence-corrected chi connectivity index (χ1v) is 7.40. The monoisotopic (exact) mass is 302 g/mol. The van der Waals surface area contributed by atoms with Crippen LogP contribution in [0.2, 0.25) is 0 Å². The van der Waals surface area contributed by atoms with Gasteiger partial charge in [0.1, 0.15) is 24.0 Å². The Morgan fingerprint density at radius 1 is 1.36 bits per heavy atom. The lowest BCUT2D eigenvalue weighted by Gasteiger charge is -2.19. The highest BCUT2D eigenvalue weighted by atomic mass is 16.6. The van der Waals surface area contributed by atoms with E-state index in [2.05, 4.69) is 20.4 Å². The van der Waals surface area contributed by atoms with Gasteiger partial charge in [-0.3, -0.25) is 14.8 Å². The van der Waals surface area contributed by atoms with Crippen molar-refractivity contribution >= 4 is 11.5 Å². The van der Waals surface area contributed by atoms with Crippen molar-refractivity contribution in [3.8, 4) is 0 Å². The van der Waals surface area contributed by atoms with Gasteiger partial charge in [-0.05, 0) is 32.6 Å². The molecule has 2 aromatic heterocycles. The number of nitrogens with one attached hydrogen (secondary N) is 1. The van der Waals surface area contributed by atoms with Gasteiger partial charge in [0.25, 0.3) is 0 Å². The fraction of sp³-hybridized carbons (Fsp3) is 0.500. The summed E-state index contributed by atoms with van der Waals surface area (Å²) in [7, 11) is 0. The minimum absolute atomic E-state index is 0.00950. The van der Waals surface area contributed by atoms with Gasteiger partial charge in [-0.2, -0.15) is 5.10 Å².